The number of rotatable bonds is 7. The molecule has 5 nitrogen and oxygen atoms in total. The van der Waals surface area contributed by atoms with Gasteiger partial charge in [-0.05, 0) is 26.3 Å². The normalized spacial score (nSPS) is 18.6. The monoisotopic (exact) mass is 267 g/mol. The number of ether oxygens (including phenoxy) is 1. The van der Waals surface area contributed by atoms with Crippen molar-refractivity contribution in [1.29, 1.82) is 0 Å². The highest BCUT2D eigenvalue weighted by atomic mass is 16.5. The Bertz CT molecular complexity index is 367. The molecule has 0 amide bonds. The zero-order chi connectivity index (χ0) is 13.6. The van der Waals surface area contributed by atoms with Crippen molar-refractivity contribution in [2.75, 3.05) is 19.7 Å². The van der Waals surface area contributed by atoms with Crippen LogP contribution >= 0.6 is 0 Å². The van der Waals surface area contributed by atoms with Gasteiger partial charge in [-0.3, -0.25) is 0 Å². The van der Waals surface area contributed by atoms with E-state index in [1.165, 1.54) is 19.3 Å². The van der Waals surface area contributed by atoms with Crippen molar-refractivity contribution in [3.63, 3.8) is 0 Å². The van der Waals surface area contributed by atoms with E-state index in [0.29, 0.717) is 12.5 Å². The zero-order valence-electron chi connectivity index (χ0n) is 12.1. The zero-order valence-corrected chi connectivity index (χ0v) is 12.1. The second kappa shape index (κ2) is 7.01. The van der Waals surface area contributed by atoms with Crippen LogP contribution in [0, 0.1) is 0 Å². The number of aromatic nitrogens is 2. The van der Waals surface area contributed by atoms with Crippen LogP contribution in [0.1, 0.15) is 57.7 Å². The van der Waals surface area contributed by atoms with Crippen molar-refractivity contribution in [2.24, 2.45) is 0 Å². The Balaban J connectivity index is 2.04. The lowest BCUT2D eigenvalue weighted by molar-refractivity contribution is -0.0777. The summed E-state index contributed by atoms with van der Waals surface area (Å²) in [7, 11) is 0. The molecule has 0 spiro atoms. The molecule has 1 fully saturated rings. The van der Waals surface area contributed by atoms with Crippen molar-refractivity contribution in [3.05, 3.63) is 11.7 Å². The summed E-state index contributed by atoms with van der Waals surface area (Å²) in [6, 6.07) is 0. The molecular formula is C14H25N3O2. The first kappa shape index (κ1) is 14.5. The maximum Gasteiger partial charge on any atom is 0.228 e. The second-order valence-corrected chi connectivity index (χ2v) is 5.10. The van der Waals surface area contributed by atoms with Crippen molar-refractivity contribution < 1.29 is 9.26 Å². The fourth-order valence-electron chi connectivity index (χ4n) is 2.75. The molecule has 1 aliphatic carbocycles. The average molecular weight is 267 g/mol. The van der Waals surface area contributed by atoms with Crippen LogP contribution in [0.25, 0.3) is 0 Å². The minimum atomic E-state index is -0.299. The van der Waals surface area contributed by atoms with Gasteiger partial charge in [-0.1, -0.05) is 31.3 Å². The van der Waals surface area contributed by atoms with Gasteiger partial charge >= 0.3 is 0 Å². The molecule has 5 heteroatoms. The fraction of sp³-hybridized carbons (Fsp3) is 0.857. The summed E-state index contributed by atoms with van der Waals surface area (Å²) in [5.74, 6) is 1.46. The highest BCUT2D eigenvalue weighted by Gasteiger charge is 2.39. The highest BCUT2D eigenvalue weighted by molar-refractivity contribution is 5.03. The Labute approximate surface area is 115 Å². The lowest BCUT2D eigenvalue weighted by Gasteiger charge is -2.33. The molecule has 1 aromatic heterocycles. The molecule has 1 saturated carbocycles. The van der Waals surface area contributed by atoms with E-state index in [2.05, 4.69) is 22.4 Å². The average Bonchev–Trinajstić information content (AvgIpc) is 2.90. The molecule has 19 heavy (non-hydrogen) atoms. The minimum Gasteiger partial charge on any atom is -0.367 e. The van der Waals surface area contributed by atoms with Crippen LogP contribution < -0.4 is 5.32 Å². The van der Waals surface area contributed by atoms with E-state index in [4.69, 9.17) is 9.26 Å². The number of hydrogen-bond donors (Lipinski definition) is 1. The summed E-state index contributed by atoms with van der Waals surface area (Å²) < 4.78 is 11.3. The molecule has 0 aromatic carbocycles. The Hall–Kier alpha value is -0.940. The topological polar surface area (TPSA) is 60.2 Å². The third-order valence-corrected chi connectivity index (χ3v) is 3.72. The van der Waals surface area contributed by atoms with Crippen LogP contribution in [0.2, 0.25) is 0 Å². The molecule has 0 aliphatic heterocycles. The van der Waals surface area contributed by atoms with E-state index in [-0.39, 0.29) is 5.60 Å². The van der Waals surface area contributed by atoms with Gasteiger partial charge in [0, 0.05) is 19.6 Å². The molecule has 0 radical (unpaired) electrons. The molecule has 0 bridgehead atoms. The predicted molar refractivity (Wildman–Crippen MR) is 72.9 cm³/mol. The number of likely N-dealkylation sites (N-methyl/N-ethyl adjacent to an activating group) is 1. The SMILES string of the molecule is CCNCCc1nc(C2(OCC)CCCCC2)no1. The van der Waals surface area contributed by atoms with Crippen LogP contribution in [0.15, 0.2) is 4.52 Å². The number of hydrogen-bond acceptors (Lipinski definition) is 5. The van der Waals surface area contributed by atoms with E-state index in [1.54, 1.807) is 0 Å². The lowest BCUT2D eigenvalue weighted by atomic mass is 9.84. The van der Waals surface area contributed by atoms with Crippen LogP contribution in [-0.4, -0.2) is 29.8 Å². The lowest BCUT2D eigenvalue weighted by Crippen LogP contribution is -2.33. The van der Waals surface area contributed by atoms with Crippen molar-refractivity contribution in [3.8, 4) is 0 Å². The van der Waals surface area contributed by atoms with Gasteiger partial charge in [0.1, 0.15) is 5.60 Å². The standard InChI is InChI=1S/C14H25N3O2/c1-3-15-11-8-12-16-13(17-19-12)14(18-4-2)9-6-5-7-10-14/h15H,3-11H2,1-2H3. The smallest absolute Gasteiger partial charge is 0.228 e. The minimum absolute atomic E-state index is 0.299. The molecule has 1 N–H and O–H groups in total. The molecule has 0 atom stereocenters. The van der Waals surface area contributed by atoms with Gasteiger partial charge in [-0.2, -0.15) is 4.98 Å². The first-order valence-electron chi connectivity index (χ1n) is 7.48. The summed E-state index contributed by atoms with van der Waals surface area (Å²) in [5, 5.41) is 7.43. The van der Waals surface area contributed by atoms with Crippen LogP contribution in [0.5, 0.6) is 0 Å². The highest BCUT2D eigenvalue weighted by Crippen LogP contribution is 2.38. The van der Waals surface area contributed by atoms with Gasteiger partial charge in [-0.15, -0.1) is 0 Å². The van der Waals surface area contributed by atoms with Crippen molar-refractivity contribution in [2.45, 2.75) is 58.0 Å². The van der Waals surface area contributed by atoms with E-state index in [0.717, 1.165) is 38.2 Å². The van der Waals surface area contributed by atoms with E-state index < -0.39 is 0 Å². The quantitative estimate of drug-likeness (QED) is 0.769. The molecule has 2 rings (SSSR count). The third kappa shape index (κ3) is 3.54. The molecule has 0 saturated heterocycles. The predicted octanol–water partition coefficient (Wildman–Crippen LogP) is 2.42. The van der Waals surface area contributed by atoms with Gasteiger partial charge in [0.05, 0.1) is 0 Å². The van der Waals surface area contributed by atoms with Crippen molar-refractivity contribution >= 4 is 0 Å². The maximum absolute atomic E-state index is 5.99. The maximum atomic E-state index is 5.99. The molecule has 0 unspecified atom stereocenters. The van der Waals surface area contributed by atoms with Gasteiger partial charge < -0.3 is 14.6 Å². The fourth-order valence-corrected chi connectivity index (χ4v) is 2.75. The Morgan fingerprint density at radius 1 is 1.26 bits per heavy atom. The number of nitrogens with one attached hydrogen (secondary N) is 1. The van der Waals surface area contributed by atoms with Crippen LogP contribution in [0.3, 0.4) is 0 Å². The van der Waals surface area contributed by atoms with Gasteiger partial charge in [-0.25, -0.2) is 0 Å². The molecule has 1 aromatic rings. The molecule has 108 valence electrons. The third-order valence-electron chi connectivity index (χ3n) is 3.72. The summed E-state index contributed by atoms with van der Waals surface area (Å²) in [4.78, 5) is 4.55. The molecule has 1 heterocycles. The first-order valence-corrected chi connectivity index (χ1v) is 7.48. The largest absolute Gasteiger partial charge is 0.367 e. The number of nitrogens with zero attached hydrogens (tertiary/aromatic N) is 2. The first-order chi connectivity index (χ1) is 9.30. The second-order valence-electron chi connectivity index (χ2n) is 5.10. The van der Waals surface area contributed by atoms with Gasteiger partial charge in [0.15, 0.2) is 0 Å². The Morgan fingerprint density at radius 3 is 2.74 bits per heavy atom. The van der Waals surface area contributed by atoms with Crippen molar-refractivity contribution in [1.82, 2.24) is 15.5 Å². The van der Waals surface area contributed by atoms with E-state index >= 15 is 0 Å². The summed E-state index contributed by atoms with van der Waals surface area (Å²) in [5.41, 5.74) is -0.299. The summed E-state index contributed by atoms with van der Waals surface area (Å²) in [6.07, 6.45) is 6.44. The van der Waals surface area contributed by atoms with Crippen LogP contribution in [0.4, 0.5) is 0 Å². The summed E-state index contributed by atoms with van der Waals surface area (Å²) in [6.45, 7) is 6.65. The Morgan fingerprint density at radius 2 is 2.05 bits per heavy atom. The van der Waals surface area contributed by atoms with Crippen LogP contribution in [-0.2, 0) is 16.8 Å². The molecular weight excluding hydrogens is 242 g/mol. The van der Waals surface area contributed by atoms with Gasteiger partial charge in [0.25, 0.3) is 0 Å². The van der Waals surface area contributed by atoms with E-state index in [1.807, 2.05) is 6.92 Å². The Kier molecular flexibility index (Phi) is 5.34. The molecule has 1 aliphatic rings. The van der Waals surface area contributed by atoms with E-state index in [9.17, 15) is 0 Å². The van der Waals surface area contributed by atoms with Gasteiger partial charge in [0.2, 0.25) is 11.7 Å². The summed E-state index contributed by atoms with van der Waals surface area (Å²) >= 11 is 0.